The highest BCUT2D eigenvalue weighted by molar-refractivity contribution is 6.03. The van der Waals surface area contributed by atoms with E-state index in [9.17, 15) is 4.79 Å². The number of nitrogens with one attached hydrogen (secondary N) is 1. The number of anilines is 1. The van der Waals surface area contributed by atoms with Gasteiger partial charge in [0.1, 0.15) is 29.4 Å². The lowest BCUT2D eigenvalue weighted by molar-refractivity contribution is -0.113. The molecule has 0 saturated heterocycles. The van der Waals surface area contributed by atoms with Crippen LogP contribution in [0.25, 0.3) is 0 Å². The summed E-state index contributed by atoms with van der Waals surface area (Å²) in [6.07, 6.45) is 0. The SMILES string of the molecule is C=C(C)O/C(C)=C(\N)C(=O)Nc1cccc(C2(C)COCC(N)=N2)c1. The largest absolute Gasteiger partial charge is 0.465 e. The van der Waals surface area contributed by atoms with E-state index >= 15 is 0 Å². The molecular formula is C18H24N4O3. The summed E-state index contributed by atoms with van der Waals surface area (Å²) in [5.74, 6) is 0.744. The molecule has 1 unspecified atom stereocenters. The van der Waals surface area contributed by atoms with Gasteiger partial charge in [0.2, 0.25) is 0 Å². The van der Waals surface area contributed by atoms with E-state index in [1.54, 1.807) is 19.9 Å². The van der Waals surface area contributed by atoms with Crippen molar-refractivity contribution >= 4 is 17.4 Å². The monoisotopic (exact) mass is 344 g/mol. The minimum Gasteiger partial charge on any atom is -0.465 e. The van der Waals surface area contributed by atoms with Crippen LogP contribution < -0.4 is 16.8 Å². The number of ether oxygens (including phenoxy) is 2. The van der Waals surface area contributed by atoms with Gasteiger partial charge in [0.05, 0.1) is 12.4 Å². The number of amidine groups is 1. The molecule has 0 spiro atoms. The molecular weight excluding hydrogens is 320 g/mol. The van der Waals surface area contributed by atoms with Gasteiger partial charge in [-0.25, -0.2) is 0 Å². The van der Waals surface area contributed by atoms with Crippen LogP contribution in [-0.4, -0.2) is 25.0 Å². The third-order valence-corrected chi connectivity index (χ3v) is 3.72. The fourth-order valence-corrected chi connectivity index (χ4v) is 2.49. The molecule has 25 heavy (non-hydrogen) atoms. The van der Waals surface area contributed by atoms with Crippen LogP contribution in [0.1, 0.15) is 26.3 Å². The topological polar surface area (TPSA) is 112 Å². The van der Waals surface area contributed by atoms with Crippen molar-refractivity contribution in [2.24, 2.45) is 16.5 Å². The van der Waals surface area contributed by atoms with Crippen LogP contribution in [0.15, 0.2) is 53.1 Å². The van der Waals surface area contributed by atoms with Crippen LogP contribution >= 0.6 is 0 Å². The van der Waals surface area contributed by atoms with Crippen molar-refractivity contribution in [3.05, 3.63) is 53.6 Å². The second-order valence-corrected chi connectivity index (χ2v) is 6.18. The molecule has 7 heteroatoms. The number of hydrogen-bond acceptors (Lipinski definition) is 6. The molecule has 1 heterocycles. The summed E-state index contributed by atoms with van der Waals surface area (Å²) in [6.45, 7) is 9.58. The number of hydrogen-bond donors (Lipinski definition) is 3. The third-order valence-electron chi connectivity index (χ3n) is 3.72. The van der Waals surface area contributed by atoms with Gasteiger partial charge in [-0.05, 0) is 38.5 Å². The number of aliphatic imine (C=N–C) groups is 1. The van der Waals surface area contributed by atoms with Crippen LogP contribution in [0.5, 0.6) is 0 Å². The van der Waals surface area contributed by atoms with Gasteiger partial charge in [-0.15, -0.1) is 0 Å². The number of benzene rings is 1. The van der Waals surface area contributed by atoms with Gasteiger partial charge in [0.15, 0.2) is 0 Å². The van der Waals surface area contributed by atoms with E-state index in [2.05, 4.69) is 16.9 Å². The van der Waals surface area contributed by atoms with Crippen molar-refractivity contribution in [3.8, 4) is 0 Å². The molecule has 0 fully saturated rings. The fraction of sp³-hybridized carbons (Fsp3) is 0.333. The molecule has 0 aliphatic carbocycles. The van der Waals surface area contributed by atoms with Gasteiger partial charge < -0.3 is 26.3 Å². The molecule has 1 aromatic carbocycles. The van der Waals surface area contributed by atoms with Crippen LogP contribution in [-0.2, 0) is 19.8 Å². The van der Waals surface area contributed by atoms with Crippen molar-refractivity contribution in [2.75, 3.05) is 18.5 Å². The van der Waals surface area contributed by atoms with Crippen molar-refractivity contribution in [2.45, 2.75) is 26.3 Å². The van der Waals surface area contributed by atoms with Crippen molar-refractivity contribution < 1.29 is 14.3 Å². The Hall–Kier alpha value is -2.80. The highest BCUT2D eigenvalue weighted by atomic mass is 16.5. The summed E-state index contributed by atoms with van der Waals surface area (Å²) < 4.78 is 10.8. The molecule has 0 aromatic heterocycles. The lowest BCUT2D eigenvalue weighted by Crippen LogP contribution is -2.37. The Labute approximate surface area is 147 Å². The highest BCUT2D eigenvalue weighted by Gasteiger charge is 2.30. The highest BCUT2D eigenvalue weighted by Crippen LogP contribution is 2.30. The molecule has 0 saturated carbocycles. The summed E-state index contributed by atoms with van der Waals surface area (Å²) in [7, 11) is 0. The minimum atomic E-state index is -0.594. The lowest BCUT2D eigenvalue weighted by Gasteiger charge is -2.30. The number of carbonyl (C=O) groups is 1. The molecule has 1 amide bonds. The molecule has 5 N–H and O–H groups in total. The summed E-state index contributed by atoms with van der Waals surface area (Å²) in [4.78, 5) is 16.8. The number of amides is 1. The average molecular weight is 344 g/mol. The summed E-state index contributed by atoms with van der Waals surface area (Å²) in [5.41, 5.74) is 12.5. The Kier molecular flexibility index (Phi) is 5.48. The maximum absolute atomic E-state index is 12.3. The molecule has 0 bridgehead atoms. The van der Waals surface area contributed by atoms with Crippen LogP contribution in [0, 0.1) is 0 Å². The fourth-order valence-electron chi connectivity index (χ4n) is 2.49. The summed E-state index contributed by atoms with van der Waals surface area (Å²) in [5, 5.41) is 2.75. The van der Waals surface area contributed by atoms with Gasteiger partial charge in [-0.3, -0.25) is 9.79 Å². The van der Waals surface area contributed by atoms with E-state index in [0.29, 0.717) is 36.3 Å². The molecule has 1 aliphatic rings. The second-order valence-electron chi connectivity index (χ2n) is 6.18. The van der Waals surface area contributed by atoms with Gasteiger partial charge in [-0.2, -0.15) is 0 Å². The Morgan fingerprint density at radius 3 is 2.80 bits per heavy atom. The minimum absolute atomic E-state index is 0.0112. The summed E-state index contributed by atoms with van der Waals surface area (Å²) in [6, 6.07) is 7.33. The number of nitrogens with zero attached hydrogens (tertiary/aromatic N) is 1. The predicted molar refractivity (Wildman–Crippen MR) is 97.7 cm³/mol. The Bertz CT molecular complexity index is 754. The zero-order valence-corrected chi connectivity index (χ0v) is 14.8. The third kappa shape index (κ3) is 4.60. The maximum Gasteiger partial charge on any atom is 0.275 e. The first kappa shape index (κ1) is 18.5. The van der Waals surface area contributed by atoms with E-state index in [4.69, 9.17) is 20.9 Å². The van der Waals surface area contributed by atoms with Crippen LogP contribution in [0.4, 0.5) is 5.69 Å². The van der Waals surface area contributed by atoms with E-state index in [1.807, 2.05) is 25.1 Å². The normalized spacial score (nSPS) is 21.0. The zero-order valence-electron chi connectivity index (χ0n) is 14.8. The summed E-state index contributed by atoms with van der Waals surface area (Å²) >= 11 is 0. The van der Waals surface area contributed by atoms with E-state index in [1.165, 1.54) is 0 Å². The molecule has 134 valence electrons. The van der Waals surface area contributed by atoms with Crippen molar-refractivity contribution in [1.82, 2.24) is 0 Å². The van der Waals surface area contributed by atoms with Gasteiger partial charge in [-0.1, -0.05) is 18.7 Å². The lowest BCUT2D eigenvalue weighted by atomic mass is 9.92. The van der Waals surface area contributed by atoms with Crippen LogP contribution in [0.2, 0.25) is 0 Å². The maximum atomic E-state index is 12.3. The number of carbonyl (C=O) groups excluding carboxylic acids is 1. The van der Waals surface area contributed by atoms with Gasteiger partial charge >= 0.3 is 0 Å². The first-order valence-electron chi connectivity index (χ1n) is 7.85. The Balaban J connectivity index is 2.21. The smallest absolute Gasteiger partial charge is 0.275 e. The average Bonchev–Trinajstić information content (AvgIpc) is 2.53. The Morgan fingerprint density at radius 1 is 1.44 bits per heavy atom. The quantitative estimate of drug-likeness (QED) is 0.558. The van der Waals surface area contributed by atoms with E-state index in [-0.39, 0.29) is 5.70 Å². The molecule has 1 aliphatic heterocycles. The zero-order chi connectivity index (χ0) is 18.6. The number of allylic oxidation sites excluding steroid dienone is 2. The van der Waals surface area contributed by atoms with Crippen molar-refractivity contribution in [3.63, 3.8) is 0 Å². The first-order valence-corrected chi connectivity index (χ1v) is 7.85. The Morgan fingerprint density at radius 2 is 2.16 bits per heavy atom. The van der Waals surface area contributed by atoms with E-state index < -0.39 is 11.4 Å². The number of rotatable bonds is 5. The molecule has 1 aromatic rings. The molecule has 7 nitrogen and oxygen atoms in total. The standard InChI is InChI=1S/C18H24N4O3/c1-11(2)25-12(3)16(20)17(23)21-14-7-5-6-13(8-14)18(4)10-24-9-15(19)22-18/h5-8H,1,9-10,20H2,2-4H3,(H2,19,22)(H,21,23)/b16-12-. The number of nitrogens with two attached hydrogens (primary N) is 2. The molecule has 0 radical (unpaired) electrons. The van der Waals surface area contributed by atoms with Gasteiger partial charge in [0.25, 0.3) is 5.91 Å². The molecule has 2 rings (SSSR count). The first-order chi connectivity index (χ1) is 11.7. The predicted octanol–water partition coefficient (Wildman–Crippen LogP) is 1.97. The van der Waals surface area contributed by atoms with Crippen molar-refractivity contribution in [1.29, 1.82) is 0 Å². The van der Waals surface area contributed by atoms with Crippen LogP contribution in [0.3, 0.4) is 0 Å². The van der Waals surface area contributed by atoms with E-state index in [0.717, 1.165) is 5.56 Å². The second kappa shape index (κ2) is 7.40. The van der Waals surface area contributed by atoms with Gasteiger partial charge in [0, 0.05) is 5.69 Å². The molecule has 1 atom stereocenters.